The Morgan fingerprint density at radius 3 is 2.44 bits per heavy atom. The van der Waals surface area contributed by atoms with Crippen LogP contribution in [0.2, 0.25) is 0 Å². The smallest absolute Gasteiger partial charge is 0.108 e. The first kappa shape index (κ1) is 11.9. The van der Waals surface area contributed by atoms with Crippen LogP contribution in [0.3, 0.4) is 0 Å². The van der Waals surface area contributed by atoms with Gasteiger partial charge in [0, 0.05) is 6.04 Å². The second-order valence-electron chi connectivity index (χ2n) is 5.29. The third-order valence-corrected chi connectivity index (χ3v) is 4.34. The Morgan fingerprint density at radius 2 is 1.94 bits per heavy atom. The van der Waals surface area contributed by atoms with E-state index in [1.54, 1.807) is 0 Å². The summed E-state index contributed by atoms with van der Waals surface area (Å²) in [4.78, 5) is 2.63. The van der Waals surface area contributed by atoms with E-state index in [0.29, 0.717) is 6.04 Å². The molecule has 0 radical (unpaired) electrons. The lowest BCUT2D eigenvalue weighted by Gasteiger charge is -2.28. The molecule has 90 valence electrons. The Kier molecular flexibility index (Phi) is 3.83. The van der Waals surface area contributed by atoms with Gasteiger partial charge in [0.25, 0.3) is 0 Å². The predicted octanol–water partition coefficient (Wildman–Crippen LogP) is 1.90. The van der Waals surface area contributed by atoms with Crippen molar-refractivity contribution in [3.63, 3.8) is 0 Å². The highest BCUT2D eigenvalue weighted by molar-refractivity contribution is 5.12. The molecule has 0 aromatic heterocycles. The second-order valence-corrected chi connectivity index (χ2v) is 5.29. The van der Waals surface area contributed by atoms with Crippen LogP contribution in [0.4, 0.5) is 0 Å². The van der Waals surface area contributed by atoms with Crippen LogP contribution in [0.25, 0.3) is 0 Å². The molecule has 1 aliphatic carbocycles. The molecule has 0 spiro atoms. The van der Waals surface area contributed by atoms with Gasteiger partial charge in [0.1, 0.15) is 5.54 Å². The van der Waals surface area contributed by atoms with Gasteiger partial charge >= 0.3 is 0 Å². The lowest BCUT2D eigenvalue weighted by molar-refractivity contribution is 0.200. The van der Waals surface area contributed by atoms with E-state index in [1.807, 2.05) is 7.05 Å². The summed E-state index contributed by atoms with van der Waals surface area (Å²) in [5, 5.41) is 12.5. The van der Waals surface area contributed by atoms with E-state index in [1.165, 1.54) is 45.2 Å². The van der Waals surface area contributed by atoms with E-state index in [0.717, 1.165) is 12.8 Å². The molecule has 1 heterocycles. The molecule has 1 N–H and O–H groups in total. The Morgan fingerprint density at radius 1 is 1.25 bits per heavy atom. The van der Waals surface area contributed by atoms with Crippen molar-refractivity contribution in [1.29, 1.82) is 5.26 Å². The minimum absolute atomic E-state index is 0.239. The zero-order valence-corrected chi connectivity index (χ0v) is 10.3. The van der Waals surface area contributed by atoms with Gasteiger partial charge in [-0.25, -0.2) is 0 Å². The van der Waals surface area contributed by atoms with E-state index >= 15 is 0 Å². The summed E-state index contributed by atoms with van der Waals surface area (Å²) < 4.78 is 0. The van der Waals surface area contributed by atoms with Gasteiger partial charge in [-0.1, -0.05) is 12.8 Å². The highest BCUT2D eigenvalue weighted by atomic mass is 15.2. The topological polar surface area (TPSA) is 39.1 Å². The molecular weight excluding hydrogens is 198 g/mol. The highest BCUT2D eigenvalue weighted by Crippen LogP contribution is 2.33. The molecule has 0 aromatic rings. The van der Waals surface area contributed by atoms with E-state index in [9.17, 15) is 5.26 Å². The molecule has 2 atom stereocenters. The lowest BCUT2D eigenvalue weighted by Crippen LogP contribution is -2.42. The van der Waals surface area contributed by atoms with Crippen LogP contribution in [-0.2, 0) is 0 Å². The first-order valence-electron chi connectivity index (χ1n) is 6.64. The number of nitriles is 1. The van der Waals surface area contributed by atoms with Crippen LogP contribution in [0, 0.1) is 11.3 Å². The van der Waals surface area contributed by atoms with Crippen LogP contribution in [-0.4, -0.2) is 36.6 Å². The minimum Gasteiger partial charge on any atom is -0.302 e. The van der Waals surface area contributed by atoms with Gasteiger partial charge in [-0.3, -0.25) is 0 Å². The quantitative estimate of drug-likeness (QED) is 0.774. The van der Waals surface area contributed by atoms with Crippen LogP contribution in [0.5, 0.6) is 0 Å². The number of hydrogen-bond acceptors (Lipinski definition) is 3. The number of nitrogens with zero attached hydrogens (tertiary/aromatic N) is 2. The summed E-state index contributed by atoms with van der Waals surface area (Å²) in [5.41, 5.74) is -0.239. The van der Waals surface area contributed by atoms with Gasteiger partial charge in [0.05, 0.1) is 6.07 Å². The van der Waals surface area contributed by atoms with Crippen molar-refractivity contribution < 1.29 is 0 Å². The average Bonchev–Trinajstić information content (AvgIpc) is 2.57. The molecule has 1 saturated heterocycles. The largest absolute Gasteiger partial charge is 0.302 e. The number of likely N-dealkylation sites (tertiary alicyclic amines) is 1. The second kappa shape index (κ2) is 5.16. The average molecular weight is 221 g/mol. The summed E-state index contributed by atoms with van der Waals surface area (Å²) in [6, 6.07) is 3.12. The molecule has 2 aliphatic rings. The van der Waals surface area contributed by atoms with Gasteiger partial charge < -0.3 is 10.2 Å². The fourth-order valence-corrected chi connectivity index (χ4v) is 3.18. The SMILES string of the molecule is CNC1(C#N)CCC(N2CCCCCC2)C1. The van der Waals surface area contributed by atoms with Gasteiger partial charge in [0.15, 0.2) is 0 Å². The normalized spacial score (nSPS) is 36.9. The fraction of sp³-hybridized carbons (Fsp3) is 0.923. The number of hydrogen-bond donors (Lipinski definition) is 1. The summed E-state index contributed by atoms with van der Waals surface area (Å²) in [6.45, 7) is 2.49. The standard InChI is InChI=1S/C13H23N3/c1-15-13(11-14)7-6-12(10-13)16-8-4-2-3-5-9-16/h12,15H,2-10H2,1H3. The van der Waals surface area contributed by atoms with Crippen molar-refractivity contribution >= 4 is 0 Å². The number of nitrogens with one attached hydrogen (secondary N) is 1. The van der Waals surface area contributed by atoms with E-state index in [4.69, 9.17) is 0 Å². The van der Waals surface area contributed by atoms with Crippen molar-refractivity contribution in [1.82, 2.24) is 10.2 Å². The molecular formula is C13H23N3. The Labute approximate surface area is 98.8 Å². The molecule has 0 aromatic carbocycles. The molecule has 16 heavy (non-hydrogen) atoms. The molecule has 3 heteroatoms. The Hall–Kier alpha value is -0.590. The van der Waals surface area contributed by atoms with Gasteiger partial charge in [-0.15, -0.1) is 0 Å². The van der Waals surface area contributed by atoms with Crippen LogP contribution >= 0.6 is 0 Å². The molecule has 2 rings (SSSR count). The number of rotatable bonds is 2. The Bertz CT molecular complexity index is 263. The lowest BCUT2D eigenvalue weighted by atomic mass is 10.00. The monoisotopic (exact) mass is 221 g/mol. The molecule has 3 nitrogen and oxygen atoms in total. The van der Waals surface area contributed by atoms with Crippen molar-refractivity contribution in [2.24, 2.45) is 0 Å². The first-order chi connectivity index (χ1) is 7.79. The third kappa shape index (κ3) is 2.39. The fourth-order valence-electron chi connectivity index (χ4n) is 3.18. The maximum atomic E-state index is 9.26. The van der Waals surface area contributed by atoms with Crippen LogP contribution in [0.15, 0.2) is 0 Å². The van der Waals surface area contributed by atoms with Crippen molar-refractivity contribution in [3.05, 3.63) is 0 Å². The third-order valence-electron chi connectivity index (χ3n) is 4.34. The zero-order chi connectivity index (χ0) is 11.4. The zero-order valence-electron chi connectivity index (χ0n) is 10.3. The molecule has 1 saturated carbocycles. The molecule has 0 amide bonds. The van der Waals surface area contributed by atoms with E-state index < -0.39 is 0 Å². The molecule has 2 fully saturated rings. The summed E-state index contributed by atoms with van der Waals surface area (Å²) in [6.07, 6.45) is 8.68. The summed E-state index contributed by atoms with van der Waals surface area (Å²) in [7, 11) is 1.92. The van der Waals surface area contributed by atoms with Gasteiger partial charge in [-0.05, 0) is 52.2 Å². The van der Waals surface area contributed by atoms with Crippen LogP contribution in [0.1, 0.15) is 44.9 Å². The molecule has 2 unspecified atom stereocenters. The Balaban J connectivity index is 1.94. The first-order valence-corrected chi connectivity index (χ1v) is 6.64. The maximum absolute atomic E-state index is 9.26. The van der Waals surface area contributed by atoms with Gasteiger partial charge in [0.2, 0.25) is 0 Å². The summed E-state index contributed by atoms with van der Waals surface area (Å²) >= 11 is 0. The van der Waals surface area contributed by atoms with Gasteiger partial charge in [-0.2, -0.15) is 5.26 Å². The molecule has 0 bridgehead atoms. The van der Waals surface area contributed by atoms with Crippen molar-refractivity contribution in [2.75, 3.05) is 20.1 Å². The van der Waals surface area contributed by atoms with E-state index in [-0.39, 0.29) is 5.54 Å². The van der Waals surface area contributed by atoms with E-state index in [2.05, 4.69) is 16.3 Å². The van der Waals surface area contributed by atoms with Crippen molar-refractivity contribution in [2.45, 2.75) is 56.5 Å². The minimum atomic E-state index is -0.239. The van der Waals surface area contributed by atoms with Crippen molar-refractivity contribution in [3.8, 4) is 6.07 Å². The maximum Gasteiger partial charge on any atom is 0.108 e. The highest BCUT2D eigenvalue weighted by Gasteiger charge is 2.40. The summed E-state index contributed by atoms with van der Waals surface area (Å²) in [5.74, 6) is 0. The predicted molar refractivity (Wildman–Crippen MR) is 65.1 cm³/mol. The van der Waals surface area contributed by atoms with Crippen LogP contribution < -0.4 is 5.32 Å². The molecule has 1 aliphatic heterocycles.